The Morgan fingerprint density at radius 1 is 1.15 bits per heavy atom. The van der Waals surface area contributed by atoms with E-state index < -0.39 is 16.1 Å². The van der Waals surface area contributed by atoms with Crippen LogP contribution in [-0.4, -0.2) is 44.2 Å². The van der Waals surface area contributed by atoms with E-state index in [1.54, 1.807) is 19.2 Å². The Balaban J connectivity index is 2.87. The SMILES string of the molecule is CCCCN(C)S(=O)(=O)c1ccc(NC(=O)[C@@H](NC(C)=O)C(C)C)cc1. The second kappa shape index (κ2) is 9.68. The number of hydrogen-bond donors (Lipinski definition) is 2. The summed E-state index contributed by atoms with van der Waals surface area (Å²) in [5.74, 6) is -0.702. The minimum atomic E-state index is -3.54. The number of hydrogen-bond acceptors (Lipinski definition) is 4. The quantitative estimate of drug-likeness (QED) is 0.683. The van der Waals surface area contributed by atoms with Crippen LogP contribution in [0.25, 0.3) is 0 Å². The largest absolute Gasteiger partial charge is 0.344 e. The number of anilines is 1. The van der Waals surface area contributed by atoms with E-state index in [0.29, 0.717) is 12.2 Å². The van der Waals surface area contributed by atoms with E-state index in [2.05, 4.69) is 10.6 Å². The van der Waals surface area contributed by atoms with Crippen LogP contribution in [0.3, 0.4) is 0 Å². The molecule has 0 aliphatic heterocycles. The number of unbranched alkanes of at least 4 members (excludes halogenated alkanes) is 1. The molecule has 0 fully saturated rings. The van der Waals surface area contributed by atoms with Gasteiger partial charge in [-0.25, -0.2) is 12.7 Å². The molecule has 2 N–H and O–H groups in total. The maximum Gasteiger partial charge on any atom is 0.247 e. The van der Waals surface area contributed by atoms with Crippen LogP contribution in [0.5, 0.6) is 0 Å². The molecule has 1 aromatic rings. The predicted octanol–water partition coefficient (Wildman–Crippen LogP) is 2.21. The topological polar surface area (TPSA) is 95.6 Å². The van der Waals surface area contributed by atoms with Gasteiger partial charge in [-0.15, -0.1) is 0 Å². The Hall–Kier alpha value is -1.93. The first-order valence-corrected chi connectivity index (χ1v) is 10.2. The smallest absolute Gasteiger partial charge is 0.247 e. The third-order valence-corrected chi connectivity index (χ3v) is 5.84. The zero-order valence-corrected chi connectivity index (χ0v) is 16.9. The number of nitrogens with one attached hydrogen (secondary N) is 2. The minimum Gasteiger partial charge on any atom is -0.344 e. The van der Waals surface area contributed by atoms with Crippen molar-refractivity contribution in [2.24, 2.45) is 5.92 Å². The summed E-state index contributed by atoms with van der Waals surface area (Å²) in [5, 5.41) is 5.32. The lowest BCUT2D eigenvalue weighted by atomic mass is 10.0. The standard InChI is InChI=1S/C18H29N3O4S/c1-6-7-12-21(5)26(24,25)16-10-8-15(9-11-16)20-18(23)17(13(2)3)19-14(4)22/h8-11,13,17H,6-7,12H2,1-5H3,(H,19,22)(H,20,23)/t17-/m0/s1. The van der Waals surface area contributed by atoms with E-state index in [1.807, 2.05) is 20.8 Å². The second-order valence-corrected chi connectivity index (χ2v) is 8.66. The van der Waals surface area contributed by atoms with Gasteiger partial charge in [-0.1, -0.05) is 27.2 Å². The van der Waals surface area contributed by atoms with Crippen molar-refractivity contribution in [2.75, 3.05) is 18.9 Å². The van der Waals surface area contributed by atoms with E-state index >= 15 is 0 Å². The molecule has 0 bridgehead atoms. The van der Waals surface area contributed by atoms with Crippen LogP contribution in [0.1, 0.15) is 40.5 Å². The molecule has 146 valence electrons. The second-order valence-electron chi connectivity index (χ2n) is 6.62. The van der Waals surface area contributed by atoms with Crippen LogP contribution in [0.4, 0.5) is 5.69 Å². The van der Waals surface area contributed by atoms with Gasteiger partial charge in [-0.3, -0.25) is 9.59 Å². The molecule has 0 heterocycles. The Morgan fingerprint density at radius 3 is 2.19 bits per heavy atom. The zero-order chi connectivity index (χ0) is 19.9. The summed E-state index contributed by atoms with van der Waals surface area (Å²) >= 11 is 0. The number of sulfonamides is 1. The molecule has 0 aromatic heterocycles. The monoisotopic (exact) mass is 383 g/mol. The number of benzene rings is 1. The van der Waals surface area contributed by atoms with Crippen molar-refractivity contribution >= 4 is 27.5 Å². The normalized spacial score (nSPS) is 12.9. The van der Waals surface area contributed by atoms with Crippen molar-refractivity contribution < 1.29 is 18.0 Å². The predicted molar refractivity (Wildman–Crippen MR) is 102 cm³/mol. The Kier molecular flexibility index (Phi) is 8.23. The first-order valence-electron chi connectivity index (χ1n) is 8.74. The Bertz CT molecular complexity index is 714. The number of carbonyl (C=O) groups is 2. The third-order valence-electron chi connectivity index (χ3n) is 3.96. The van der Waals surface area contributed by atoms with Gasteiger partial charge in [-0.2, -0.15) is 0 Å². The van der Waals surface area contributed by atoms with E-state index in [1.165, 1.54) is 23.4 Å². The molecule has 1 atom stereocenters. The van der Waals surface area contributed by atoms with Gasteiger partial charge < -0.3 is 10.6 Å². The first-order chi connectivity index (χ1) is 12.1. The van der Waals surface area contributed by atoms with Gasteiger partial charge in [0.25, 0.3) is 0 Å². The molecule has 0 radical (unpaired) electrons. The van der Waals surface area contributed by atoms with E-state index in [-0.39, 0.29) is 22.6 Å². The molecule has 2 amide bonds. The van der Waals surface area contributed by atoms with E-state index in [4.69, 9.17) is 0 Å². The number of rotatable bonds is 9. The Labute approximate surface area is 156 Å². The van der Waals surface area contributed by atoms with Gasteiger partial charge in [0.15, 0.2) is 0 Å². The highest BCUT2D eigenvalue weighted by Gasteiger charge is 2.24. The molecule has 0 saturated carbocycles. The lowest BCUT2D eigenvalue weighted by Gasteiger charge is -2.21. The highest BCUT2D eigenvalue weighted by molar-refractivity contribution is 7.89. The number of amides is 2. The van der Waals surface area contributed by atoms with Crippen LogP contribution < -0.4 is 10.6 Å². The van der Waals surface area contributed by atoms with Crippen LogP contribution >= 0.6 is 0 Å². The highest BCUT2D eigenvalue weighted by Crippen LogP contribution is 2.18. The van der Waals surface area contributed by atoms with Crippen molar-refractivity contribution in [3.8, 4) is 0 Å². The summed E-state index contributed by atoms with van der Waals surface area (Å²) in [6.45, 7) is 7.49. The number of carbonyl (C=O) groups excluding carboxylic acids is 2. The van der Waals surface area contributed by atoms with Crippen LogP contribution in [-0.2, 0) is 19.6 Å². The van der Waals surface area contributed by atoms with E-state index in [9.17, 15) is 18.0 Å². The molecule has 0 aliphatic carbocycles. The molecule has 7 nitrogen and oxygen atoms in total. The summed E-state index contributed by atoms with van der Waals surface area (Å²) in [6.07, 6.45) is 1.71. The van der Waals surface area contributed by atoms with Gasteiger partial charge >= 0.3 is 0 Å². The molecule has 0 spiro atoms. The van der Waals surface area contributed by atoms with Crippen molar-refractivity contribution in [1.82, 2.24) is 9.62 Å². The lowest BCUT2D eigenvalue weighted by molar-refractivity contribution is -0.126. The maximum atomic E-state index is 12.5. The fourth-order valence-corrected chi connectivity index (χ4v) is 3.57. The molecule has 0 unspecified atom stereocenters. The van der Waals surface area contributed by atoms with Gasteiger partial charge in [0, 0.05) is 26.2 Å². The van der Waals surface area contributed by atoms with Crippen LogP contribution in [0.15, 0.2) is 29.2 Å². The minimum absolute atomic E-state index is 0.0780. The van der Waals surface area contributed by atoms with Gasteiger partial charge in [0.2, 0.25) is 21.8 Å². The van der Waals surface area contributed by atoms with E-state index in [0.717, 1.165) is 12.8 Å². The summed E-state index contributed by atoms with van der Waals surface area (Å²) in [6, 6.07) is 5.37. The molecule has 1 aromatic carbocycles. The van der Waals surface area contributed by atoms with Crippen molar-refractivity contribution in [1.29, 1.82) is 0 Å². The lowest BCUT2D eigenvalue weighted by Crippen LogP contribution is -2.46. The van der Waals surface area contributed by atoms with Crippen molar-refractivity contribution in [2.45, 2.75) is 51.5 Å². The zero-order valence-electron chi connectivity index (χ0n) is 16.1. The summed E-state index contributed by atoms with van der Waals surface area (Å²) in [5.41, 5.74) is 0.473. The summed E-state index contributed by atoms with van der Waals surface area (Å²) in [4.78, 5) is 23.8. The third kappa shape index (κ3) is 6.10. The first kappa shape index (κ1) is 22.1. The maximum absolute atomic E-state index is 12.5. The fraction of sp³-hybridized carbons (Fsp3) is 0.556. The molecule has 0 aliphatic rings. The fourth-order valence-electron chi connectivity index (χ4n) is 2.37. The molecule has 26 heavy (non-hydrogen) atoms. The van der Waals surface area contributed by atoms with Gasteiger partial charge in [0.05, 0.1) is 4.90 Å². The summed E-state index contributed by atoms with van der Waals surface area (Å²) in [7, 11) is -1.98. The van der Waals surface area contributed by atoms with Crippen LogP contribution in [0.2, 0.25) is 0 Å². The molecular formula is C18H29N3O4S. The summed E-state index contributed by atoms with van der Waals surface area (Å²) < 4.78 is 26.3. The average Bonchev–Trinajstić information content (AvgIpc) is 2.57. The Morgan fingerprint density at radius 2 is 1.73 bits per heavy atom. The van der Waals surface area contributed by atoms with Crippen LogP contribution in [0, 0.1) is 5.92 Å². The van der Waals surface area contributed by atoms with Crippen molar-refractivity contribution in [3.05, 3.63) is 24.3 Å². The molecule has 0 saturated heterocycles. The van der Waals surface area contributed by atoms with Gasteiger partial charge in [0.1, 0.15) is 6.04 Å². The molecule has 1 rings (SSSR count). The highest BCUT2D eigenvalue weighted by atomic mass is 32.2. The van der Waals surface area contributed by atoms with Crippen molar-refractivity contribution in [3.63, 3.8) is 0 Å². The average molecular weight is 384 g/mol. The van der Waals surface area contributed by atoms with Gasteiger partial charge in [-0.05, 0) is 36.6 Å². The number of nitrogens with zero attached hydrogens (tertiary/aromatic N) is 1. The molecular weight excluding hydrogens is 354 g/mol. The molecule has 8 heteroatoms.